The molecule has 0 bridgehead atoms. The molecule has 0 aromatic carbocycles. The summed E-state index contributed by atoms with van der Waals surface area (Å²) in [6.45, 7) is 1.06. The molecule has 2 fully saturated rings. The Balaban J connectivity index is 2.21. The molecule has 2 aliphatic rings. The summed E-state index contributed by atoms with van der Waals surface area (Å²) in [6, 6.07) is -1.16. The van der Waals surface area contributed by atoms with Crippen molar-refractivity contribution >= 4 is 11.8 Å². The number of hydrogen-bond acceptors (Lipinski definition) is 12. The van der Waals surface area contributed by atoms with Crippen LogP contribution in [0, 0.1) is 0 Å². The number of rotatable bonds is 7. The zero-order valence-corrected chi connectivity index (χ0v) is 16.4. The number of amides is 2. The molecule has 0 aliphatic carbocycles. The van der Waals surface area contributed by atoms with Crippen LogP contribution in [0.5, 0.6) is 0 Å². The van der Waals surface area contributed by atoms with Crippen LogP contribution < -0.4 is 16.2 Å². The van der Waals surface area contributed by atoms with Gasteiger partial charge in [-0.05, 0) is 0 Å². The average Bonchev–Trinajstić information content (AvgIpc) is 2.69. The number of carbonyl (C=O) groups is 2. The number of ether oxygens (including phenoxy) is 3. The van der Waals surface area contributed by atoms with Crippen LogP contribution in [0.1, 0.15) is 13.8 Å². The van der Waals surface area contributed by atoms with Crippen molar-refractivity contribution in [2.45, 2.75) is 75.1 Å². The van der Waals surface area contributed by atoms with E-state index in [4.69, 9.17) is 14.2 Å². The molecule has 174 valence electrons. The van der Waals surface area contributed by atoms with Crippen molar-refractivity contribution in [2.24, 2.45) is 0 Å². The number of aliphatic hydroxyl groups is 6. The summed E-state index contributed by atoms with van der Waals surface area (Å²) in [5.74, 6) is -1.01. The second-order valence-electron chi connectivity index (χ2n) is 7.12. The van der Waals surface area contributed by atoms with Crippen molar-refractivity contribution in [3.05, 3.63) is 0 Å². The Morgan fingerprint density at radius 3 is 2.03 bits per heavy atom. The molecule has 0 aromatic rings. The first-order valence-corrected chi connectivity index (χ1v) is 9.30. The molecule has 0 saturated carbocycles. The molecule has 2 aliphatic heterocycles. The van der Waals surface area contributed by atoms with Crippen LogP contribution in [0.3, 0.4) is 0 Å². The summed E-state index contributed by atoms with van der Waals surface area (Å²) in [4.78, 5) is 22.7. The van der Waals surface area contributed by atoms with E-state index in [-0.39, 0.29) is 0 Å². The third-order valence-corrected chi connectivity index (χ3v) is 4.80. The van der Waals surface area contributed by atoms with E-state index in [1.807, 2.05) is 0 Å². The quantitative estimate of drug-likeness (QED) is 0.170. The lowest BCUT2D eigenvalue weighted by Crippen LogP contribution is -2.70. The van der Waals surface area contributed by atoms with E-state index in [0.717, 1.165) is 0 Å². The summed E-state index contributed by atoms with van der Waals surface area (Å²) < 4.78 is 16.4. The predicted octanol–water partition coefficient (Wildman–Crippen LogP) is -5.60. The van der Waals surface area contributed by atoms with Crippen LogP contribution in [0.15, 0.2) is 0 Å². The summed E-state index contributed by atoms with van der Waals surface area (Å²) in [6.07, 6.45) is -13.2. The van der Waals surface area contributed by atoms with Crippen molar-refractivity contribution in [1.82, 2.24) is 16.2 Å². The van der Waals surface area contributed by atoms with Crippen LogP contribution in [-0.2, 0) is 23.8 Å². The largest absolute Gasteiger partial charge is 0.394 e. The number of aliphatic hydroxyl groups excluding tert-OH is 6. The molecule has 2 amide bonds. The van der Waals surface area contributed by atoms with Gasteiger partial charge in [-0.25, -0.2) is 5.43 Å². The fourth-order valence-electron chi connectivity index (χ4n) is 3.30. The Hall–Kier alpha value is -1.46. The van der Waals surface area contributed by atoms with E-state index in [1.54, 1.807) is 0 Å². The molecule has 10 atom stereocenters. The Labute approximate surface area is 171 Å². The van der Waals surface area contributed by atoms with Crippen LogP contribution in [0.2, 0.25) is 0 Å². The minimum absolute atomic E-state index is 0.477. The SMILES string of the molecule is CC(=O)NN[C@@H]1O[C@H](CO)[C@@H](O[C@@H]2O[C@H](CO)[C@H](O)[C@H](O)[C@H]2O)[C@H](O)[C@H]1NC(C)=O. The van der Waals surface area contributed by atoms with Gasteiger partial charge in [0.05, 0.1) is 19.3 Å². The second-order valence-corrected chi connectivity index (χ2v) is 7.12. The molecule has 0 aromatic heterocycles. The van der Waals surface area contributed by atoms with Gasteiger partial charge in [0, 0.05) is 13.8 Å². The molecule has 2 rings (SSSR count). The van der Waals surface area contributed by atoms with Gasteiger partial charge in [-0.2, -0.15) is 0 Å². The molecule has 0 radical (unpaired) electrons. The molecule has 9 N–H and O–H groups in total. The lowest BCUT2D eigenvalue weighted by atomic mass is 9.95. The van der Waals surface area contributed by atoms with Crippen LogP contribution in [-0.4, -0.2) is 117 Å². The Bertz CT molecular complexity index is 595. The van der Waals surface area contributed by atoms with Crippen molar-refractivity contribution < 1.29 is 54.4 Å². The molecule has 2 saturated heterocycles. The van der Waals surface area contributed by atoms with Gasteiger partial charge >= 0.3 is 0 Å². The molecule has 0 unspecified atom stereocenters. The summed E-state index contributed by atoms with van der Waals surface area (Å²) in [5.41, 5.74) is 4.74. The number of nitrogens with one attached hydrogen (secondary N) is 3. The fraction of sp³-hybridized carbons (Fsp3) is 0.875. The minimum Gasteiger partial charge on any atom is -0.394 e. The molecular formula is C16H29N3O11. The lowest BCUT2D eigenvalue weighted by molar-refractivity contribution is -0.337. The molecule has 2 heterocycles. The number of hydrazine groups is 1. The van der Waals surface area contributed by atoms with E-state index in [0.29, 0.717) is 0 Å². The average molecular weight is 439 g/mol. The van der Waals surface area contributed by atoms with Gasteiger partial charge in [-0.1, -0.05) is 0 Å². The van der Waals surface area contributed by atoms with Gasteiger partial charge in [-0.3, -0.25) is 15.0 Å². The molecule has 14 nitrogen and oxygen atoms in total. The van der Waals surface area contributed by atoms with Crippen LogP contribution in [0.25, 0.3) is 0 Å². The Morgan fingerprint density at radius 2 is 1.50 bits per heavy atom. The van der Waals surface area contributed by atoms with Gasteiger partial charge in [0.1, 0.15) is 49.0 Å². The first-order chi connectivity index (χ1) is 14.1. The van der Waals surface area contributed by atoms with Crippen molar-refractivity contribution in [3.63, 3.8) is 0 Å². The summed E-state index contributed by atoms with van der Waals surface area (Å²) in [7, 11) is 0. The summed E-state index contributed by atoms with van der Waals surface area (Å²) >= 11 is 0. The van der Waals surface area contributed by atoms with Gasteiger partial charge in [0.25, 0.3) is 0 Å². The highest BCUT2D eigenvalue weighted by Gasteiger charge is 2.51. The molecular weight excluding hydrogens is 410 g/mol. The van der Waals surface area contributed by atoms with Crippen molar-refractivity contribution in [2.75, 3.05) is 13.2 Å². The molecule has 0 spiro atoms. The topological polar surface area (TPSA) is 219 Å². The maximum absolute atomic E-state index is 11.6. The second kappa shape index (κ2) is 10.7. The maximum Gasteiger partial charge on any atom is 0.231 e. The third-order valence-electron chi connectivity index (χ3n) is 4.80. The number of carbonyl (C=O) groups excluding carboxylic acids is 2. The molecule has 14 heteroatoms. The smallest absolute Gasteiger partial charge is 0.231 e. The minimum atomic E-state index is -1.75. The molecule has 30 heavy (non-hydrogen) atoms. The highest BCUT2D eigenvalue weighted by molar-refractivity contribution is 5.73. The van der Waals surface area contributed by atoms with Gasteiger partial charge in [-0.15, -0.1) is 0 Å². The zero-order chi connectivity index (χ0) is 22.6. The van der Waals surface area contributed by atoms with Crippen LogP contribution in [0.4, 0.5) is 0 Å². The van der Waals surface area contributed by atoms with E-state index < -0.39 is 86.3 Å². The highest BCUT2D eigenvalue weighted by Crippen LogP contribution is 2.28. The van der Waals surface area contributed by atoms with Crippen molar-refractivity contribution in [1.29, 1.82) is 0 Å². The van der Waals surface area contributed by atoms with E-state index in [2.05, 4.69) is 16.2 Å². The van der Waals surface area contributed by atoms with E-state index in [9.17, 15) is 40.2 Å². The standard InChI is InChI=1S/C16H29N3O11/c1-5(22)17-9-11(25)14(8(4-21)28-15(9)19-18-6(2)23)30-16-13(27)12(26)10(24)7(3-20)29-16/h7-16,19-21,24-27H,3-4H2,1-2H3,(H,17,22)(H,18,23)/t7-,8-,9-,10+,11-,12+,13-,14-,15-,16+/m1/s1. The normalized spacial score (nSPS) is 41.9. The van der Waals surface area contributed by atoms with Gasteiger partial charge in [0.15, 0.2) is 6.29 Å². The van der Waals surface area contributed by atoms with E-state index >= 15 is 0 Å². The third kappa shape index (κ3) is 5.61. The first kappa shape index (κ1) is 24.8. The Morgan fingerprint density at radius 1 is 0.867 bits per heavy atom. The van der Waals surface area contributed by atoms with E-state index in [1.165, 1.54) is 13.8 Å². The zero-order valence-electron chi connectivity index (χ0n) is 16.4. The van der Waals surface area contributed by atoms with Gasteiger partial charge < -0.3 is 50.2 Å². The highest BCUT2D eigenvalue weighted by atomic mass is 16.7. The van der Waals surface area contributed by atoms with Crippen molar-refractivity contribution in [3.8, 4) is 0 Å². The monoisotopic (exact) mass is 439 g/mol. The van der Waals surface area contributed by atoms with Gasteiger partial charge in [0.2, 0.25) is 11.8 Å². The Kier molecular flexibility index (Phi) is 8.86. The van der Waals surface area contributed by atoms with Crippen LogP contribution >= 0.6 is 0 Å². The predicted molar refractivity (Wildman–Crippen MR) is 95.0 cm³/mol. The summed E-state index contributed by atoms with van der Waals surface area (Å²) in [5, 5.41) is 62.1. The first-order valence-electron chi connectivity index (χ1n) is 9.30. The fourth-order valence-corrected chi connectivity index (χ4v) is 3.30. The maximum atomic E-state index is 11.6. The number of hydrogen-bond donors (Lipinski definition) is 9. The lowest BCUT2D eigenvalue weighted by Gasteiger charge is -2.47.